The van der Waals surface area contributed by atoms with Gasteiger partial charge in [0.2, 0.25) is 0 Å². The molecule has 14 heavy (non-hydrogen) atoms. The second kappa shape index (κ2) is 5.82. The molecule has 1 aromatic rings. The van der Waals surface area contributed by atoms with Crippen molar-refractivity contribution in [1.82, 2.24) is 0 Å². The van der Waals surface area contributed by atoms with Crippen molar-refractivity contribution in [1.29, 1.82) is 0 Å². The van der Waals surface area contributed by atoms with Gasteiger partial charge >= 0.3 is 5.97 Å². The van der Waals surface area contributed by atoms with Crippen molar-refractivity contribution in [2.45, 2.75) is 0 Å². The summed E-state index contributed by atoms with van der Waals surface area (Å²) in [5.41, 5.74) is 0. The lowest BCUT2D eigenvalue weighted by atomic mass is 10.4. The number of Topliss-reactive ketones (excluding diaryl/α,β-unsaturated/α-hetero) is 1. The van der Waals surface area contributed by atoms with E-state index in [1.165, 1.54) is 30.2 Å². The number of hydrogen-bond donors (Lipinski definition) is 0. The molecule has 0 bridgehead atoms. The minimum Gasteiger partial charge on any atom is -0.468 e. The molecule has 3 nitrogen and oxygen atoms in total. The monoisotopic (exact) mass is 230 g/mol. The first-order valence-electron chi connectivity index (χ1n) is 3.95. The number of thiophene rings is 1. The summed E-state index contributed by atoms with van der Waals surface area (Å²) in [5, 5.41) is 1.86. The maximum atomic E-state index is 11.4. The minimum atomic E-state index is -0.297. The molecule has 1 aromatic heterocycles. The Labute approximate surface area is 90.5 Å². The van der Waals surface area contributed by atoms with Crippen LogP contribution in [0.4, 0.5) is 0 Å². The van der Waals surface area contributed by atoms with Gasteiger partial charge < -0.3 is 4.74 Å². The van der Waals surface area contributed by atoms with Gasteiger partial charge in [0.15, 0.2) is 5.78 Å². The second-order valence-electron chi connectivity index (χ2n) is 2.47. The first kappa shape index (κ1) is 11.3. The van der Waals surface area contributed by atoms with Crippen molar-refractivity contribution in [2.75, 3.05) is 18.6 Å². The highest BCUT2D eigenvalue weighted by Gasteiger charge is 2.08. The van der Waals surface area contributed by atoms with Crippen LogP contribution in [0.15, 0.2) is 17.5 Å². The fourth-order valence-electron chi connectivity index (χ4n) is 0.794. The van der Waals surface area contributed by atoms with E-state index < -0.39 is 0 Å². The van der Waals surface area contributed by atoms with Crippen molar-refractivity contribution in [3.8, 4) is 0 Å². The van der Waals surface area contributed by atoms with Crippen LogP contribution in [0.3, 0.4) is 0 Å². The number of thioether (sulfide) groups is 1. The zero-order valence-corrected chi connectivity index (χ0v) is 9.32. The lowest BCUT2D eigenvalue weighted by Gasteiger charge is -1.98. The number of ketones is 1. The van der Waals surface area contributed by atoms with Crippen LogP contribution in [0.5, 0.6) is 0 Å². The molecule has 0 aromatic carbocycles. The van der Waals surface area contributed by atoms with Gasteiger partial charge in [-0.05, 0) is 11.4 Å². The van der Waals surface area contributed by atoms with Crippen LogP contribution < -0.4 is 0 Å². The van der Waals surface area contributed by atoms with Crippen LogP contribution >= 0.6 is 23.1 Å². The third kappa shape index (κ3) is 3.51. The molecule has 0 amide bonds. The molecule has 0 aliphatic carbocycles. The molecule has 0 unspecified atom stereocenters. The van der Waals surface area contributed by atoms with Gasteiger partial charge in [-0.1, -0.05) is 6.07 Å². The summed E-state index contributed by atoms with van der Waals surface area (Å²) in [6.45, 7) is 0. The average Bonchev–Trinajstić information content (AvgIpc) is 2.70. The predicted octanol–water partition coefficient (Wildman–Crippen LogP) is 1.84. The topological polar surface area (TPSA) is 43.4 Å². The third-order valence-electron chi connectivity index (χ3n) is 1.48. The minimum absolute atomic E-state index is 0.0638. The number of carbonyl (C=O) groups is 2. The van der Waals surface area contributed by atoms with E-state index in [1.807, 2.05) is 11.4 Å². The Kier molecular flexibility index (Phi) is 4.69. The van der Waals surface area contributed by atoms with Crippen LogP contribution in [-0.4, -0.2) is 30.4 Å². The second-order valence-corrected chi connectivity index (χ2v) is 4.40. The van der Waals surface area contributed by atoms with Crippen molar-refractivity contribution in [2.24, 2.45) is 0 Å². The van der Waals surface area contributed by atoms with E-state index in [1.54, 1.807) is 6.07 Å². The van der Waals surface area contributed by atoms with Gasteiger partial charge in [-0.3, -0.25) is 9.59 Å². The first-order chi connectivity index (χ1) is 6.74. The molecule has 0 atom stereocenters. The van der Waals surface area contributed by atoms with Crippen molar-refractivity contribution < 1.29 is 14.3 Å². The molecule has 0 aliphatic heterocycles. The standard InChI is InChI=1S/C9H10O3S2/c1-12-9(11)6-13-5-7(10)8-3-2-4-14-8/h2-4H,5-6H2,1H3. The van der Waals surface area contributed by atoms with Gasteiger partial charge in [0, 0.05) is 0 Å². The van der Waals surface area contributed by atoms with E-state index in [4.69, 9.17) is 0 Å². The Morgan fingerprint density at radius 3 is 2.86 bits per heavy atom. The fourth-order valence-corrected chi connectivity index (χ4v) is 2.28. The van der Waals surface area contributed by atoms with Crippen molar-refractivity contribution in [3.63, 3.8) is 0 Å². The highest BCUT2D eigenvalue weighted by Crippen LogP contribution is 2.12. The molecule has 0 radical (unpaired) electrons. The molecule has 1 heterocycles. The van der Waals surface area contributed by atoms with Crippen LogP contribution in [-0.2, 0) is 9.53 Å². The quantitative estimate of drug-likeness (QED) is 0.572. The molecular weight excluding hydrogens is 220 g/mol. The number of methoxy groups -OCH3 is 1. The van der Waals surface area contributed by atoms with Gasteiger partial charge in [-0.25, -0.2) is 0 Å². The van der Waals surface area contributed by atoms with Gasteiger partial charge in [-0.2, -0.15) is 0 Å². The Morgan fingerprint density at radius 2 is 2.29 bits per heavy atom. The highest BCUT2D eigenvalue weighted by atomic mass is 32.2. The molecule has 1 rings (SSSR count). The summed E-state index contributed by atoms with van der Waals surface area (Å²) in [6.07, 6.45) is 0. The maximum Gasteiger partial charge on any atom is 0.315 e. The Hall–Kier alpha value is -0.810. The van der Waals surface area contributed by atoms with Crippen molar-refractivity contribution in [3.05, 3.63) is 22.4 Å². The van der Waals surface area contributed by atoms with E-state index in [9.17, 15) is 9.59 Å². The lowest BCUT2D eigenvalue weighted by Crippen LogP contribution is -2.07. The normalized spacial score (nSPS) is 9.79. The molecule has 0 spiro atoms. The summed E-state index contributed by atoms with van der Waals surface area (Å²) in [7, 11) is 1.34. The molecule has 0 N–H and O–H groups in total. The van der Waals surface area contributed by atoms with E-state index in [2.05, 4.69) is 4.74 Å². The van der Waals surface area contributed by atoms with Crippen LogP contribution in [0.1, 0.15) is 9.67 Å². The van der Waals surface area contributed by atoms with Crippen LogP contribution in [0.2, 0.25) is 0 Å². The molecule has 0 saturated carbocycles. The Morgan fingerprint density at radius 1 is 1.50 bits per heavy atom. The smallest absolute Gasteiger partial charge is 0.315 e. The number of ether oxygens (including phenoxy) is 1. The van der Waals surface area contributed by atoms with Crippen LogP contribution in [0, 0.1) is 0 Å². The van der Waals surface area contributed by atoms with Crippen LogP contribution in [0.25, 0.3) is 0 Å². The molecule has 5 heteroatoms. The first-order valence-corrected chi connectivity index (χ1v) is 5.98. The Bertz CT molecular complexity index is 306. The summed E-state index contributed by atoms with van der Waals surface area (Å²) in [4.78, 5) is 22.9. The van der Waals surface area contributed by atoms with Gasteiger partial charge in [-0.15, -0.1) is 23.1 Å². The molecule has 0 aliphatic rings. The number of carbonyl (C=O) groups excluding carboxylic acids is 2. The van der Waals surface area contributed by atoms with Gasteiger partial charge in [0.25, 0.3) is 0 Å². The average molecular weight is 230 g/mol. The number of esters is 1. The van der Waals surface area contributed by atoms with Gasteiger partial charge in [0.1, 0.15) is 0 Å². The zero-order valence-electron chi connectivity index (χ0n) is 7.69. The van der Waals surface area contributed by atoms with Gasteiger partial charge in [0.05, 0.1) is 23.5 Å². The predicted molar refractivity (Wildman–Crippen MR) is 58.0 cm³/mol. The summed E-state index contributed by atoms with van der Waals surface area (Å²) >= 11 is 2.69. The third-order valence-corrected chi connectivity index (χ3v) is 3.29. The van der Waals surface area contributed by atoms with E-state index >= 15 is 0 Å². The molecule has 0 fully saturated rings. The molecule has 76 valence electrons. The largest absolute Gasteiger partial charge is 0.468 e. The zero-order chi connectivity index (χ0) is 10.4. The fraction of sp³-hybridized carbons (Fsp3) is 0.333. The Balaban J connectivity index is 2.26. The van der Waals surface area contributed by atoms with E-state index in [-0.39, 0.29) is 17.5 Å². The van der Waals surface area contributed by atoms with Crippen molar-refractivity contribution >= 4 is 34.9 Å². The van der Waals surface area contributed by atoms with E-state index in [0.29, 0.717) is 5.75 Å². The summed E-state index contributed by atoms with van der Waals surface area (Å²) < 4.78 is 4.45. The summed E-state index contributed by atoms with van der Waals surface area (Å²) in [5.74, 6) is 0.325. The maximum absolute atomic E-state index is 11.4. The number of rotatable bonds is 5. The van der Waals surface area contributed by atoms with E-state index in [0.717, 1.165) is 4.88 Å². The SMILES string of the molecule is COC(=O)CSCC(=O)c1cccs1. The lowest BCUT2D eigenvalue weighted by molar-refractivity contribution is -0.137. The number of hydrogen-bond acceptors (Lipinski definition) is 5. The molecule has 0 saturated heterocycles. The summed E-state index contributed by atoms with van der Waals surface area (Å²) in [6, 6.07) is 3.62. The highest BCUT2D eigenvalue weighted by molar-refractivity contribution is 8.00. The molecular formula is C9H10O3S2.